The average Bonchev–Trinajstić information content (AvgIpc) is 1.59. The number of hydrogen-bond acceptors (Lipinski definition) is 21. The van der Waals surface area contributed by atoms with E-state index in [1.54, 1.807) is 56.3 Å². The monoisotopic (exact) mass is 1500 g/mol. The van der Waals surface area contributed by atoms with Gasteiger partial charge in [-0.05, 0) is 163 Å². The van der Waals surface area contributed by atoms with Gasteiger partial charge in [-0.25, -0.2) is 72.7 Å². The maximum absolute atomic E-state index is 14.3. The smallest absolute Gasteiger partial charge is 0.295 e. The Labute approximate surface area is 600 Å². The molecular formula is C71H77F4N15O12S3. The quantitative estimate of drug-likeness (QED) is 0.0302. The lowest BCUT2D eigenvalue weighted by atomic mass is 9.84. The van der Waals surface area contributed by atoms with E-state index in [4.69, 9.17) is 14.2 Å². The van der Waals surface area contributed by atoms with Crippen LogP contribution in [0.1, 0.15) is 138 Å². The Morgan fingerprint density at radius 3 is 1.25 bits per heavy atom. The molecule has 3 saturated heterocycles. The van der Waals surface area contributed by atoms with E-state index in [-0.39, 0.29) is 114 Å². The lowest BCUT2D eigenvalue weighted by Crippen LogP contribution is -2.31. The van der Waals surface area contributed by atoms with Gasteiger partial charge < -0.3 is 61.1 Å². The minimum absolute atomic E-state index is 0.0138. The second-order valence-electron chi connectivity index (χ2n) is 29.8. The number of nitrogens with zero attached hydrogens (tertiary/aromatic N) is 6. The molecule has 3 aliphatic carbocycles. The van der Waals surface area contributed by atoms with Crippen molar-refractivity contribution < 1.29 is 71.4 Å². The molecule has 15 rings (SSSR count). The van der Waals surface area contributed by atoms with Crippen LogP contribution < -0.4 is 31.9 Å². The number of alkyl halides is 4. The van der Waals surface area contributed by atoms with Crippen molar-refractivity contribution in [3.63, 3.8) is 0 Å². The van der Waals surface area contributed by atoms with Crippen molar-refractivity contribution in [1.29, 1.82) is 0 Å². The molecule has 554 valence electrons. The fraction of sp³-hybridized carbons (Fsp3) is 0.451. The summed E-state index contributed by atoms with van der Waals surface area (Å²) in [5.41, 5.74) is 2.78. The third-order valence-electron chi connectivity index (χ3n) is 21.0. The van der Waals surface area contributed by atoms with Gasteiger partial charge in [0.1, 0.15) is 52.3 Å². The van der Waals surface area contributed by atoms with E-state index in [9.17, 15) is 57.2 Å². The first kappa shape index (κ1) is 71.4. The summed E-state index contributed by atoms with van der Waals surface area (Å²) in [6.45, 7) is 10.4. The lowest BCUT2D eigenvalue weighted by molar-refractivity contribution is -0.145. The first-order valence-corrected chi connectivity index (χ1v) is 40.1. The molecule has 3 amide bonds. The number of H-pyrrole nitrogens is 3. The number of halogens is 4. The predicted octanol–water partition coefficient (Wildman–Crippen LogP) is 12.6. The molecule has 27 nitrogen and oxygen atoms in total. The standard InChI is InChI=1S/C71H77F4N15O12S3/c1-31-76-58-46(27-55(83-62(58)78-31)86-66(91)33-10-11-33)80-44-16-13-35(21-53(44)104(8,96)97)50-25-41(69(3,4)101-50)37-23-39(37)67(92)87-56-28-47(59-63(84-56)79-32(2)77-59)81-45-17-14-36(22-54(45)105(9,98)99)51-26-42(70(5,6)102-51)38-24-40(38)68(93)88-57-29-48(60-64(85-57)90-65(89-60)61(72)73)82-43-15-12-34(20-52(43)103(7,94)95)49-18-19-71(74,75)30-100-49/h12-17,20-22,27-29,33,37-42,49-51,61H,10-11,18-19,23-26,30H2,1-9H3,(H3,76,78,80,83,86,91)(H3,77,79,81,84,87,92)(H3,82,85,88,89,90,93)/t37?,38?,39?,40?,41?,42?,49-,50-,51+/m1/s1. The third kappa shape index (κ3) is 14.6. The highest BCUT2D eigenvalue weighted by atomic mass is 32.2. The van der Waals surface area contributed by atoms with Crippen LogP contribution in [0.15, 0.2) is 87.5 Å². The van der Waals surface area contributed by atoms with Crippen LogP contribution in [-0.2, 0) is 58.1 Å². The Morgan fingerprint density at radius 2 is 0.876 bits per heavy atom. The molecule has 0 spiro atoms. The number of ether oxygens (including phenoxy) is 3. The number of rotatable bonds is 21. The number of carbonyl (C=O) groups is 3. The van der Waals surface area contributed by atoms with Gasteiger partial charge in [0.25, 0.3) is 12.3 Å². The van der Waals surface area contributed by atoms with Crippen LogP contribution >= 0.6 is 0 Å². The number of carbonyl (C=O) groups excluding carboxylic acids is 3. The number of fused-ring (bicyclic) bond motifs is 3. The van der Waals surface area contributed by atoms with E-state index in [2.05, 4.69) is 76.8 Å². The van der Waals surface area contributed by atoms with Gasteiger partial charge in [0.15, 0.2) is 52.3 Å². The van der Waals surface area contributed by atoms with Gasteiger partial charge in [0.05, 0.1) is 78.3 Å². The van der Waals surface area contributed by atoms with Crippen LogP contribution in [0.5, 0.6) is 0 Å². The Balaban J connectivity index is 0.610. The number of aromatic nitrogens is 9. The number of anilines is 9. The van der Waals surface area contributed by atoms with E-state index in [1.165, 1.54) is 24.3 Å². The summed E-state index contributed by atoms with van der Waals surface area (Å²) in [6.07, 6.45) is 1.20. The Morgan fingerprint density at radius 1 is 0.495 bits per heavy atom. The Kier molecular flexibility index (Phi) is 17.5. The zero-order valence-electron chi connectivity index (χ0n) is 58.5. The number of aromatic amines is 3. The molecule has 3 aliphatic heterocycles. The molecule has 0 bridgehead atoms. The highest BCUT2D eigenvalue weighted by Gasteiger charge is 2.58. The van der Waals surface area contributed by atoms with Crippen LogP contribution in [-0.4, -0.2) is 130 Å². The molecule has 9 N–H and O–H groups in total. The molecule has 0 radical (unpaired) electrons. The Bertz CT molecular complexity index is 5450. The molecule has 9 aromatic rings. The molecule has 6 aliphatic rings. The summed E-state index contributed by atoms with van der Waals surface area (Å²) in [6, 6.07) is 18.9. The molecule has 9 heterocycles. The van der Waals surface area contributed by atoms with Gasteiger partial charge in [-0.2, -0.15) is 0 Å². The average molecular weight is 1500 g/mol. The molecular weight excluding hydrogens is 1430 g/mol. The van der Waals surface area contributed by atoms with Crippen molar-refractivity contribution in [3.8, 4) is 0 Å². The third-order valence-corrected chi connectivity index (χ3v) is 24.4. The number of amides is 3. The van der Waals surface area contributed by atoms with Crippen molar-refractivity contribution >= 4 is 132 Å². The number of hydrogen-bond donors (Lipinski definition) is 9. The van der Waals surface area contributed by atoms with Gasteiger partial charge in [-0.1, -0.05) is 18.2 Å². The number of imidazole rings is 3. The van der Waals surface area contributed by atoms with Crippen molar-refractivity contribution in [2.24, 2.45) is 41.4 Å². The van der Waals surface area contributed by atoms with Crippen molar-refractivity contribution in [2.45, 2.75) is 149 Å². The first-order chi connectivity index (χ1) is 49.4. The highest BCUT2D eigenvalue weighted by molar-refractivity contribution is 7.91. The molecule has 6 unspecified atom stereocenters. The molecule has 34 heteroatoms. The molecule has 6 aromatic heterocycles. The van der Waals surface area contributed by atoms with Gasteiger partial charge in [-0.15, -0.1) is 0 Å². The molecule has 105 heavy (non-hydrogen) atoms. The van der Waals surface area contributed by atoms with Crippen LogP contribution in [0.3, 0.4) is 0 Å². The fourth-order valence-corrected chi connectivity index (χ4v) is 18.0. The van der Waals surface area contributed by atoms with Crippen LogP contribution in [0, 0.1) is 55.3 Å². The maximum atomic E-state index is 14.3. The van der Waals surface area contributed by atoms with E-state index in [0.717, 1.165) is 31.6 Å². The SMILES string of the molecule is Cc1nc2nc(NC(=O)C3CC3)cc(Nc3ccc([C@H]4CC(C5CC5C(=O)Nc5cc(Nc6ccc([C@@H]7CC(C8CC8C(=O)Nc8cc(Nc9ccc([C@H]%10CCC(F)(F)CO%10)cc9S(C)(=O)=O)c9[nH]c(C(F)F)nc9n8)C(C)(C)O7)cc6S(C)(=O)=O)c6[nH]c(C)nc6n5)C(C)(C)O4)cc3S(C)(=O)=O)c2[nH]1. The number of sulfone groups is 3. The van der Waals surface area contributed by atoms with Crippen LogP contribution in [0.4, 0.5) is 69.1 Å². The summed E-state index contributed by atoms with van der Waals surface area (Å²) >= 11 is 0. The summed E-state index contributed by atoms with van der Waals surface area (Å²) in [5, 5.41) is 18.2. The molecule has 3 saturated carbocycles. The topological polar surface area (TPSA) is 378 Å². The van der Waals surface area contributed by atoms with E-state index in [1.807, 2.05) is 33.8 Å². The minimum Gasteiger partial charge on any atom is -0.367 e. The first-order valence-electron chi connectivity index (χ1n) is 34.4. The summed E-state index contributed by atoms with van der Waals surface area (Å²) in [5.74, 6) is -4.85. The van der Waals surface area contributed by atoms with Crippen molar-refractivity contribution in [2.75, 3.05) is 57.3 Å². The number of nitrogens with one attached hydrogen (secondary N) is 9. The highest BCUT2D eigenvalue weighted by Crippen LogP contribution is 2.59. The lowest BCUT2D eigenvalue weighted by Gasteiger charge is -2.29. The largest absolute Gasteiger partial charge is 0.367 e. The maximum Gasteiger partial charge on any atom is 0.295 e. The second kappa shape index (κ2) is 25.8. The number of pyridine rings is 3. The van der Waals surface area contributed by atoms with Crippen molar-refractivity contribution in [3.05, 3.63) is 107 Å². The zero-order chi connectivity index (χ0) is 74.5. The summed E-state index contributed by atoms with van der Waals surface area (Å²) < 4.78 is 156. The molecule has 9 atom stereocenters. The number of benzene rings is 3. The summed E-state index contributed by atoms with van der Waals surface area (Å²) in [4.78, 5) is 76.5. The minimum atomic E-state index is -4.00. The van der Waals surface area contributed by atoms with E-state index >= 15 is 0 Å². The van der Waals surface area contributed by atoms with Crippen molar-refractivity contribution in [1.82, 2.24) is 44.9 Å². The fourth-order valence-electron chi connectivity index (χ4n) is 15.4. The van der Waals surface area contributed by atoms with Gasteiger partial charge in [-0.3, -0.25) is 14.4 Å². The normalized spacial score (nSPS) is 24.1. The zero-order valence-corrected chi connectivity index (χ0v) is 60.9. The second-order valence-corrected chi connectivity index (χ2v) is 35.8. The van der Waals surface area contributed by atoms with Crippen LogP contribution in [0.25, 0.3) is 33.5 Å². The summed E-state index contributed by atoms with van der Waals surface area (Å²) in [7, 11) is -11.8. The molecule has 3 aromatic carbocycles. The van der Waals surface area contributed by atoms with E-state index < -0.39 is 108 Å². The van der Waals surface area contributed by atoms with Crippen LogP contribution in [0.2, 0.25) is 0 Å². The van der Waals surface area contributed by atoms with E-state index in [0.29, 0.717) is 87.8 Å². The molecule has 6 fully saturated rings. The van der Waals surface area contributed by atoms with Gasteiger partial charge in [0.2, 0.25) is 17.7 Å². The number of aryl methyl sites for hydroxylation is 2. The predicted molar refractivity (Wildman–Crippen MR) is 381 cm³/mol. The Hall–Kier alpha value is -9.22. The van der Waals surface area contributed by atoms with Gasteiger partial charge >= 0.3 is 0 Å². The van der Waals surface area contributed by atoms with Gasteiger partial charge in [0, 0.05) is 61.1 Å².